The van der Waals surface area contributed by atoms with Crippen molar-refractivity contribution in [3.63, 3.8) is 0 Å². The molecule has 0 N–H and O–H groups in total. The molecule has 12 radical (unpaired) electrons. The first kappa shape index (κ1) is 79.0. The van der Waals surface area contributed by atoms with Gasteiger partial charge >= 0.3 is 18.9 Å². The Hall–Kier alpha value is 4.68. The average molecular weight is 589 g/mol. The van der Waals surface area contributed by atoms with Gasteiger partial charge in [0.05, 0.1) is 0 Å². The standard InChI is InChI=1S/Li.2Nb.5Se.H. The van der Waals surface area contributed by atoms with Gasteiger partial charge in [-0.15, -0.1) is 0 Å². The molecular formula is HLiNb2Se5. The summed E-state index contributed by atoms with van der Waals surface area (Å²) in [6.45, 7) is 0. The van der Waals surface area contributed by atoms with Crippen molar-refractivity contribution < 1.29 is 44.8 Å². The van der Waals surface area contributed by atoms with Crippen LogP contribution in [0.5, 0.6) is 0 Å². The molecule has 0 rings (SSSR count). The third kappa shape index (κ3) is 45.7. The maximum absolute atomic E-state index is 0. The fourth-order valence-electron chi connectivity index (χ4n) is 0. The van der Waals surface area contributed by atoms with Crippen molar-refractivity contribution in [2.75, 3.05) is 0 Å². The van der Waals surface area contributed by atoms with Gasteiger partial charge in [-0.2, -0.15) is 0 Å². The SMILES string of the molecule is [LiH].[Nb].[Nb].[Se].[Se].[Se].[Se].[Se]. The van der Waals surface area contributed by atoms with E-state index in [2.05, 4.69) is 0 Å². The number of hydrogen-bond donors (Lipinski definition) is 0. The molecule has 0 aliphatic heterocycles. The van der Waals surface area contributed by atoms with E-state index in [1.807, 2.05) is 0 Å². The molecule has 0 aromatic rings. The number of rotatable bonds is 0. The summed E-state index contributed by atoms with van der Waals surface area (Å²) in [6.07, 6.45) is 0. The molecule has 42 valence electrons. The van der Waals surface area contributed by atoms with E-state index in [0.717, 1.165) is 0 Å². The van der Waals surface area contributed by atoms with Gasteiger partial charge in [-0.1, -0.05) is 0 Å². The van der Waals surface area contributed by atoms with E-state index in [4.69, 9.17) is 0 Å². The largest absolute Gasteiger partial charge is 0 e. The zero-order valence-corrected chi connectivity index (χ0v) is 15.9. The minimum atomic E-state index is 0. The molecule has 0 spiro atoms. The molecule has 0 aromatic heterocycles. The fourth-order valence-corrected chi connectivity index (χ4v) is 0. The molecule has 0 heterocycles. The summed E-state index contributed by atoms with van der Waals surface area (Å²) in [7, 11) is 0. The zero-order valence-electron chi connectivity index (χ0n) is 2.94. The maximum Gasteiger partial charge on any atom is 0 e. The van der Waals surface area contributed by atoms with E-state index in [0.29, 0.717) is 0 Å². The van der Waals surface area contributed by atoms with Crippen molar-refractivity contribution in [2.24, 2.45) is 0 Å². The molecule has 0 amide bonds. The number of hydrogen-bond acceptors (Lipinski definition) is 0. The quantitative estimate of drug-likeness (QED) is 0.274. The van der Waals surface area contributed by atoms with Crippen molar-refractivity contribution >= 4 is 104 Å². The van der Waals surface area contributed by atoms with Gasteiger partial charge in [-0.05, 0) is 0 Å². The first-order valence-electron chi connectivity index (χ1n) is 0. The third-order valence-corrected chi connectivity index (χ3v) is 0. The minimum Gasteiger partial charge on any atom is 0 e. The Balaban J connectivity index is 0. The van der Waals surface area contributed by atoms with Crippen LogP contribution in [-0.2, 0) is 44.8 Å². The molecule has 0 saturated carbocycles. The minimum absolute atomic E-state index is 0. The summed E-state index contributed by atoms with van der Waals surface area (Å²) in [4.78, 5) is 0. The summed E-state index contributed by atoms with van der Waals surface area (Å²) >= 11 is 0. The molecular weight excluding hydrogens is 588 g/mol. The topological polar surface area (TPSA) is 0 Å². The Morgan fingerprint density at radius 3 is 0.375 bits per heavy atom. The van der Waals surface area contributed by atoms with E-state index in [-0.39, 0.29) is 149 Å². The summed E-state index contributed by atoms with van der Waals surface area (Å²) in [5.74, 6) is 0. The van der Waals surface area contributed by atoms with Crippen LogP contribution in [0.3, 0.4) is 0 Å². The van der Waals surface area contributed by atoms with Crippen LogP contribution in [0.2, 0.25) is 0 Å². The van der Waals surface area contributed by atoms with Gasteiger partial charge in [0.2, 0.25) is 0 Å². The van der Waals surface area contributed by atoms with Crippen LogP contribution in [0.4, 0.5) is 0 Å². The first-order valence-corrected chi connectivity index (χ1v) is 0. The van der Waals surface area contributed by atoms with Crippen molar-refractivity contribution in [3.05, 3.63) is 0 Å². The zero-order chi connectivity index (χ0) is 0. The third-order valence-electron chi connectivity index (χ3n) is 0. The Kier molecular flexibility index (Phi) is 601. The van der Waals surface area contributed by atoms with Gasteiger partial charge < -0.3 is 0 Å². The Morgan fingerprint density at radius 2 is 0.375 bits per heavy atom. The van der Waals surface area contributed by atoms with Gasteiger partial charge in [-0.3, -0.25) is 0 Å². The summed E-state index contributed by atoms with van der Waals surface area (Å²) in [5.41, 5.74) is 0. The van der Waals surface area contributed by atoms with Crippen LogP contribution in [0, 0.1) is 0 Å². The van der Waals surface area contributed by atoms with Crippen LogP contribution in [0.1, 0.15) is 0 Å². The van der Waals surface area contributed by atoms with Crippen LogP contribution >= 0.6 is 0 Å². The van der Waals surface area contributed by atoms with Gasteiger partial charge in [0.1, 0.15) is 0 Å². The van der Waals surface area contributed by atoms with Crippen molar-refractivity contribution in [3.8, 4) is 0 Å². The smallest absolute Gasteiger partial charge is 0 e. The van der Waals surface area contributed by atoms with Crippen molar-refractivity contribution in [1.29, 1.82) is 0 Å². The predicted molar refractivity (Wildman–Crippen MR) is 35.9 cm³/mol. The summed E-state index contributed by atoms with van der Waals surface area (Å²) in [5, 5.41) is 0. The monoisotopic (exact) mass is 593 g/mol. The second-order valence-electron chi connectivity index (χ2n) is 0. The van der Waals surface area contributed by atoms with E-state index >= 15 is 0 Å². The molecule has 0 aliphatic rings. The van der Waals surface area contributed by atoms with E-state index < -0.39 is 0 Å². The van der Waals surface area contributed by atoms with Crippen LogP contribution in [0.25, 0.3) is 0 Å². The Labute approximate surface area is 146 Å². The molecule has 0 bridgehead atoms. The normalized spacial score (nSPS) is 0. The molecule has 8 heavy (non-hydrogen) atoms. The molecule has 0 nitrogen and oxygen atoms in total. The Bertz CT molecular complexity index is 10.4. The van der Waals surface area contributed by atoms with Crippen LogP contribution in [-0.4, -0.2) is 104 Å². The van der Waals surface area contributed by atoms with Crippen molar-refractivity contribution in [1.82, 2.24) is 0 Å². The van der Waals surface area contributed by atoms with E-state index in [1.54, 1.807) is 0 Å². The summed E-state index contributed by atoms with van der Waals surface area (Å²) in [6, 6.07) is 0. The van der Waals surface area contributed by atoms with E-state index in [1.165, 1.54) is 0 Å². The summed E-state index contributed by atoms with van der Waals surface area (Å²) < 4.78 is 0. The van der Waals surface area contributed by atoms with E-state index in [9.17, 15) is 0 Å². The second kappa shape index (κ2) is 60.9. The Morgan fingerprint density at radius 1 is 0.375 bits per heavy atom. The fraction of sp³-hybridized carbons (Fsp3) is 0. The van der Waals surface area contributed by atoms with Gasteiger partial charge in [0.25, 0.3) is 0 Å². The van der Waals surface area contributed by atoms with Gasteiger partial charge in [0.15, 0.2) is 0 Å². The van der Waals surface area contributed by atoms with Crippen LogP contribution < -0.4 is 0 Å². The average Bonchev–Trinajstić information content (AvgIpc) is 0. The molecule has 8 heteroatoms. The van der Waals surface area contributed by atoms with Crippen LogP contribution in [0.15, 0.2) is 0 Å². The molecule has 0 atom stereocenters. The predicted octanol–water partition coefficient (Wildman–Crippen LogP) is -2.56. The van der Waals surface area contributed by atoms with Crippen molar-refractivity contribution in [2.45, 2.75) is 0 Å². The maximum atomic E-state index is 0. The molecule has 0 aliphatic carbocycles. The first-order chi connectivity index (χ1) is 0. The molecule has 0 aromatic carbocycles. The van der Waals surface area contributed by atoms with Gasteiger partial charge in [-0.25, -0.2) is 0 Å². The molecule has 0 fully saturated rings. The molecule has 0 unspecified atom stereocenters. The van der Waals surface area contributed by atoms with Gasteiger partial charge in [0, 0.05) is 130 Å². The second-order valence-corrected chi connectivity index (χ2v) is 0. The molecule has 0 saturated heterocycles.